The molecule has 0 aliphatic carbocycles. The van der Waals surface area contributed by atoms with Gasteiger partial charge in [0.2, 0.25) is 0 Å². The molecule has 0 saturated heterocycles. The van der Waals surface area contributed by atoms with Gasteiger partial charge in [-0.2, -0.15) is 0 Å². The number of halogens is 2. The van der Waals surface area contributed by atoms with E-state index in [1.165, 1.54) is 0 Å². The Labute approximate surface area is 141 Å². The zero-order chi connectivity index (χ0) is 15.7. The van der Waals surface area contributed by atoms with Gasteiger partial charge >= 0.3 is 0 Å². The van der Waals surface area contributed by atoms with Crippen molar-refractivity contribution in [3.8, 4) is 0 Å². The molecule has 22 heavy (non-hydrogen) atoms. The molecule has 0 aliphatic rings. The minimum atomic E-state index is 0.0457. The Morgan fingerprint density at radius 2 is 1.86 bits per heavy atom. The van der Waals surface area contributed by atoms with Crippen molar-refractivity contribution in [3.05, 3.63) is 68.8 Å². The van der Waals surface area contributed by atoms with E-state index in [4.69, 9.17) is 11.6 Å². The zero-order valence-corrected chi connectivity index (χ0v) is 14.2. The normalized spacial score (nSPS) is 11.4. The molecule has 1 N–H and O–H groups in total. The van der Waals surface area contributed by atoms with Gasteiger partial charge in [-0.25, -0.2) is 0 Å². The highest BCUT2D eigenvalue weighted by atomic mass is 79.9. The summed E-state index contributed by atoms with van der Waals surface area (Å²) in [6.45, 7) is 1.59. The van der Waals surface area contributed by atoms with Gasteiger partial charge in [0.1, 0.15) is 0 Å². The van der Waals surface area contributed by atoms with E-state index in [9.17, 15) is 4.79 Å². The molecule has 0 fully saturated rings. The van der Waals surface area contributed by atoms with Crippen molar-refractivity contribution in [2.45, 2.75) is 6.92 Å². The van der Waals surface area contributed by atoms with Gasteiger partial charge in [0, 0.05) is 20.4 Å². The molecule has 1 aromatic heterocycles. The summed E-state index contributed by atoms with van der Waals surface area (Å²) in [6, 6.07) is 13.4. The number of aromatic amines is 1. The van der Waals surface area contributed by atoms with Crippen molar-refractivity contribution in [1.82, 2.24) is 4.98 Å². The molecule has 2 nitrogen and oxygen atoms in total. The minimum Gasteiger partial charge on any atom is -0.354 e. The van der Waals surface area contributed by atoms with Crippen molar-refractivity contribution in [2.75, 3.05) is 0 Å². The van der Waals surface area contributed by atoms with Gasteiger partial charge in [-0.05, 0) is 42.8 Å². The van der Waals surface area contributed by atoms with Crippen LogP contribution in [0, 0.1) is 0 Å². The molecule has 110 valence electrons. The number of hydrogen-bond acceptors (Lipinski definition) is 1. The number of rotatable bonds is 3. The van der Waals surface area contributed by atoms with Crippen LogP contribution in [0.25, 0.3) is 23.1 Å². The fourth-order valence-electron chi connectivity index (χ4n) is 2.45. The van der Waals surface area contributed by atoms with Crippen LogP contribution in [0.15, 0.2) is 46.9 Å². The fraction of sp³-hybridized carbons (Fsp3) is 0.0556. The molecule has 0 radical (unpaired) electrons. The average Bonchev–Trinajstić information content (AvgIpc) is 2.84. The number of H-pyrrole nitrogens is 1. The maximum atomic E-state index is 12.0. The predicted molar refractivity (Wildman–Crippen MR) is 96.4 cm³/mol. The van der Waals surface area contributed by atoms with E-state index in [1.807, 2.05) is 54.6 Å². The Balaban J connectivity index is 2.07. The van der Waals surface area contributed by atoms with Gasteiger partial charge < -0.3 is 4.98 Å². The van der Waals surface area contributed by atoms with Gasteiger partial charge in [0.15, 0.2) is 5.78 Å². The molecular weight excluding hydrogens is 362 g/mol. The lowest BCUT2D eigenvalue weighted by Crippen LogP contribution is -1.93. The summed E-state index contributed by atoms with van der Waals surface area (Å²) in [4.78, 5) is 15.3. The number of hydrogen-bond donors (Lipinski definition) is 1. The number of ketones is 1. The summed E-state index contributed by atoms with van der Waals surface area (Å²) >= 11 is 9.33. The Hall–Kier alpha value is -1.84. The third-order valence-corrected chi connectivity index (χ3v) is 4.20. The molecule has 0 unspecified atom stereocenters. The molecule has 2 aromatic carbocycles. The summed E-state index contributed by atoms with van der Waals surface area (Å²) in [5.41, 5.74) is 3.50. The summed E-state index contributed by atoms with van der Waals surface area (Å²) in [6.07, 6.45) is 3.89. The van der Waals surface area contributed by atoms with Crippen molar-refractivity contribution >= 4 is 56.4 Å². The monoisotopic (exact) mass is 373 g/mol. The summed E-state index contributed by atoms with van der Waals surface area (Å²) < 4.78 is 0.976. The molecule has 0 bridgehead atoms. The number of Topliss-reactive ketones (excluding diaryl/α,β-unsaturated/α-hetero) is 1. The number of carbonyl (C=O) groups is 1. The maximum absolute atomic E-state index is 12.0. The van der Waals surface area contributed by atoms with Gasteiger partial charge in [-0.15, -0.1) is 0 Å². The van der Waals surface area contributed by atoms with Crippen LogP contribution in [-0.4, -0.2) is 10.8 Å². The van der Waals surface area contributed by atoms with Crippen LogP contribution in [-0.2, 0) is 0 Å². The van der Waals surface area contributed by atoms with Crippen molar-refractivity contribution < 1.29 is 4.79 Å². The second kappa shape index (κ2) is 6.11. The Bertz CT molecular complexity index is 878. The largest absolute Gasteiger partial charge is 0.354 e. The lowest BCUT2D eigenvalue weighted by molar-refractivity contribution is 0.101. The Morgan fingerprint density at radius 3 is 2.55 bits per heavy atom. The molecule has 3 aromatic rings. The van der Waals surface area contributed by atoms with Crippen LogP contribution in [0.3, 0.4) is 0 Å². The first-order valence-electron chi connectivity index (χ1n) is 6.80. The smallest absolute Gasteiger partial charge is 0.162 e. The predicted octanol–water partition coefficient (Wildman–Crippen LogP) is 5.96. The second-order valence-electron chi connectivity index (χ2n) is 5.04. The van der Waals surface area contributed by atoms with Crippen LogP contribution < -0.4 is 0 Å². The first kappa shape index (κ1) is 15.1. The number of carbonyl (C=O) groups excluding carboxylic acids is 1. The van der Waals surface area contributed by atoms with Gasteiger partial charge in [-0.3, -0.25) is 4.79 Å². The molecule has 0 amide bonds. The van der Waals surface area contributed by atoms with E-state index < -0.39 is 0 Å². The summed E-state index contributed by atoms with van der Waals surface area (Å²) in [7, 11) is 0. The van der Waals surface area contributed by atoms with Crippen molar-refractivity contribution in [1.29, 1.82) is 0 Å². The van der Waals surface area contributed by atoms with Gasteiger partial charge in [0.25, 0.3) is 0 Å². The second-order valence-corrected chi connectivity index (χ2v) is 6.40. The first-order chi connectivity index (χ1) is 10.5. The lowest BCUT2D eigenvalue weighted by Gasteiger charge is -1.97. The van der Waals surface area contributed by atoms with Crippen LogP contribution in [0.1, 0.15) is 28.5 Å². The van der Waals surface area contributed by atoms with Crippen LogP contribution in [0.2, 0.25) is 5.02 Å². The van der Waals surface area contributed by atoms with E-state index in [0.717, 1.165) is 26.6 Å². The molecule has 0 spiro atoms. The quantitative estimate of drug-likeness (QED) is 0.564. The van der Waals surface area contributed by atoms with Gasteiger partial charge in [0.05, 0.1) is 11.3 Å². The van der Waals surface area contributed by atoms with Crippen molar-refractivity contribution in [3.63, 3.8) is 0 Å². The summed E-state index contributed by atoms with van der Waals surface area (Å²) in [5, 5.41) is 1.64. The molecule has 0 atom stereocenters. The maximum Gasteiger partial charge on any atom is 0.162 e. The highest BCUT2D eigenvalue weighted by molar-refractivity contribution is 9.10. The minimum absolute atomic E-state index is 0.0457. The van der Waals surface area contributed by atoms with Crippen LogP contribution in [0.4, 0.5) is 0 Å². The third kappa shape index (κ3) is 3.01. The van der Waals surface area contributed by atoms with Crippen molar-refractivity contribution in [2.24, 2.45) is 0 Å². The topological polar surface area (TPSA) is 32.9 Å². The highest BCUT2D eigenvalue weighted by Gasteiger charge is 2.13. The van der Waals surface area contributed by atoms with Gasteiger partial charge in [-0.1, -0.05) is 51.8 Å². The SMILES string of the molecule is CC(=O)c1c(C=Cc2ccc(Cl)cc2)[nH]c2cc(Br)ccc12. The number of fused-ring (bicyclic) bond motifs is 1. The zero-order valence-electron chi connectivity index (χ0n) is 11.9. The lowest BCUT2D eigenvalue weighted by atomic mass is 10.1. The molecule has 0 saturated carbocycles. The standard InChI is InChI=1S/C18H13BrClNO/c1-11(22)18-15-8-5-13(19)10-17(15)21-16(18)9-4-12-2-6-14(20)7-3-12/h2-10,21H,1H3. The van der Waals surface area contributed by atoms with Crippen LogP contribution in [0.5, 0.6) is 0 Å². The molecular formula is C18H13BrClNO. The molecule has 4 heteroatoms. The van der Waals surface area contributed by atoms with E-state index in [2.05, 4.69) is 20.9 Å². The van der Waals surface area contributed by atoms with E-state index in [0.29, 0.717) is 10.6 Å². The third-order valence-electron chi connectivity index (χ3n) is 3.45. The van der Waals surface area contributed by atoms with E-state index in [-0.39, 0.29) is 5.78 Å². The molecule has 1 heterocycles. The van der Waals surface area contributed by atoms with Crippen LogP contribution >= 0.6 is 27.5 Å². The average molecular weight is 375 g/mol. The van der Waals surface area contributed by atoms with E-state index >= 15 is 0 Å². The fourth-order valence-corrected chi connectivity index (χ4v) is 2.94. The number of aromatic nitrogens is 1. The van der Waals surface area contributed by atoms with E-state index in [1.54, 1.807) is 6.92 Å². The first-order valence-corrected chi connectivity index (χ1v) is 7.97. The number of nitrogens with one attached hydrogen (secondary N) is 1. The summed E-state index contributed by atoms with van der Waals surface area (Å²) in [5.74, 6) is 0.0457. The highest BCUT2D eigenvalue weighted by Crippen LogP contribution is 2.27. The molecule has 3 rings (SSSR count). The molecule has 0 aliphatic heterocycles. The number of benzene rings is 2. The Kier molecular flexibility index (Phi) is 4.19. The Morgan fingerprint density at radius 1 is 1.14 bits per heavy atom.